The zero-order chi connectivity index (χ0) is 19.1. The molecule has 0 aromatic carbocycles. The molecule has 3 aliphatic rings. The van der Waals surface area contributed by atoms with Crippen molar-refractivity contribution in [2.24, 2.45) is 22.2 Å². The molecule has 0 heterocycles. The summed E-state index contributed by atoms with van der Waals surface area (Å²) < 4.78 is 6.74. The van der Waals surface area contributed by atoms with E-state index < -0.39 is 19.1 Å². The lowest BCUT2D eigenvalue weighted by Crippen LogP contribution is -2.63. The molecule has 0 aromatic rings. The largest absolute Gasteiger partial charge is 0.413 e. The van der Waals surface area contributed by atoms with Crippen LogP contribution in [0.4, 0.5) is 0 Å². The Balaban J connectivity index is 1.95. The standard InChI is InChI=1S/C21H36O3Si/c1-18(2,3)25(7,8)24-16-10-12-21-14(19(4,5)13-15(21)22)9-11-20(16,6)17(21)23/h14,16H,9-13H2,1-8H3/t14-,16+,20-,21-/m0/s1. The third-order valence-electron chi connectivity index (χ3n) is 8.28. The third kappa shape index (κ3) is 2.46. The summed E-state index contributed by atoms with van der Waals surface area (Å²) in [5.74, 6) is 0.646. The molecule has 0 aromatic heterocycles. The van der Waals surface area contributed by atoms with Crippen LogP contribution >= 0.6 is 0 Å². The van der Waals surface area contributed by atoms with Gasteiger partial charge in [0.2, 0.25) is 0 Å². The van der Waals surface area contributed by atoms with Gasteiger partial charge in [-0.3, -0.25) is 9.59 Å². The maximum atomic E-state index is 13.7. The number of carbonyl (C=O) groups is 2. The van der Waals surface area contributed by atoms with E-state index >= 15 is 0 Å². The van der Waals surface area contributed by atoms with E-state index in [1.54, 1.807) is 0 Å². The fraction of sp³-hybridized carbons (Fsp3) is 0.905. The summed E-state index contributed by atoms with van der Waals surface area (Å²) in [6, 6.07) is 0. The number of rotatable bonds is 2. The summed E-state index contributed by atoms with van der Waals surface area (Å²) in [5.41, 5.74) is -1.23. The Labute approximate surface area is 154 Å². The Hall–Kier alpha value is -0.483. The molecular formula is C21H36O3Si. The molecule has 3 rings (SSSR count). The lowest BCUT2D eigenvalue weighted by atomic mass is 9.48. The maximum Gasteiger partial charge on any atom is 0.192 e. The van der Waals surface area contributed by atoms with Gasteiger partial charge in [-0.05, 0) is 55.1 Å². The van der Waals surface area contributed by atoms with Gasteiger partial charge >= 0.3 is 0 Å². The van der Waals surface area contributed by atoms with E-state index in [-0.39, 0.29) is 34.0 Å². The van der Waals surface area contributed by atoms with Crippen LogP contribution in [-0.4, -0.2) is 26.0 Å². The van der Waals surface area contributed by atoms with Crippen molar-refractivity contribution in [2.75, 3.05) is 0 Å². The highest BCUT2D eigenvalue weighted by molar-refractivity contribution is 6.74. The molecule has 3 nitrogen and oxygen atoms in total. The fourth-order valence-corrected chi connectivity index (χ4v) is 7.12. The van der Waals surface area contributed by atoms with E-state index in [9.17, 15) is 9.59 Å². The van der Waals surface area contributed by atoms with Gasteiger partial charge in [0.15, 0.2) is 14.1 Å². The van der Waals surface area contributed by atoms with Crippen LogP contribution < -0.4 is 0 Å². The van der Waals surface area contributed by atoms with Crippen molar-refractivity contribution >= 4 is 19.9 Å². The Morgan fingerprint density at radius 2 is 1.64 bits per heavy atom. The molecule has 25 heavy (non-hydrogen) atoms. The Bertz CT molecular complexity index is 615. The predicted octanol–water partition coefficient (Wildman–Crippen LogP) is 5.14. The zero-order valence-electron chi connectivity index (χ0n) is 17.4. The molecule has 0 N–H and O–H groups in total. The lowest BCUT2D eigenvalue weighted by molar-refractivity contribution is -0.169. The van der Waals surface area contributed by atoms with Crippen molar-refractivity contribution in [1.29, 1.82) is 0 Å². The molecule has 142 valence electrons. The molecule has 0 saturated heterocycles. The number of Topliss-reactive ketones (excluding diaryl/α,β-unsaturated/α-hetero) is 2. The van der Waals surface area contributed by atoms with Crippen LogP contribution in [0.2, 0.25) is 18.1 Å². The van der Waals surface area contributed by atoms with Gasteiger partial charge in [0.1, 0.15) is 5.78 Å². The quantitative estimate of drug-likeness (QED) is 0.503. The molecule has 4 heteroatoms. The number of fused-ring (bicyclic) bond motifs is 1. The van der Waals surface area contributed by atoms with Crippen LogP contribution in [0.15, 0.2) is 0 Å². The smallest absolute Gasteiger partial charge is 0.192 e. The summed E-state index contributed by atoms with van der Waals surface area (Å²) in [4.78, 5) is 26.7. The van der Waals surface area contributed by atoms with Gasteiger partial charge in [0.25, 0.3) is 0 Å². The van der Waals surface area contributed by atoms with E-state index in [0.717, 1.165) is 19.3 Å². The van der Waals surface area contributed by atoms with Gasteiger partial charge in [0, 0.05) is 6.42 Å². The van der Waals surface area contributed by atoms with Crippen LogP contribution in [-0.2, 0) is 14.0 Å². The van der Waals surface area contributed by atoms with Gasteiger partial charge in [-0.15, -0.1) is 0 Å². The first kappa shape index (κ1) is 19.3. The predicted molar refractivity (Wildman–Crippen MR) is 103 cm³/mol. The van der Waals surface area contributed by atoms with E-state index in [1.807, 2.05) is 0 Å². The lowest BCUT2D eigenvalue weighted by Gasteiger charge is -2.56. The van der Waals surface area contributed by atoms with Crippen molar-refractivity contribution in [3.8, 4) is 0 Å². The van der Waals surface area contributed by atoms with Crippen molar-refractivity contribution in [2.45, 2.75) is 97.9 Å². The summed E-state index contributed by atoms with van der Waals surface area (Å²) >= 11 is 0. The van der Waals surface area contributed by atoms with Gasteiger partial charge in [-0.25, -0.2) is 0 Å². The SMILES string of the molecule is CC1(C)CC(=O)[C@]23CC[C@@H](O[Si](C)(C)C(C)(C)C)[C@](C)(CC[C@@H]12)C3=O. The molecule has 3 saturated carbocycles. The summed E-state index contributed by atoms with van der Waals surface area (Å²) in [7, 11) is -1.94. The molecule has 0 radical (unpaired) electrons. The van der Waals surface area contributed by atoms with Crippen LogP contribution in [0.3, 0.4) is 0 Å². The minimum atomic E-state index is -1.94. The second-order valence-electron chi connectivity index (χ2n) is 11.3. The summed E-state index contributed by atoms with van der Waals surface area (Å²) in [6.45, 7) is 17.7. The van der Waals surface area contributed by atoms with Crippen molar-refractivity contribution in [1.82, 2.24) is 0 Å². The van der Waals surface area contributed by atoms with Crippen molar-refractivity contribution in [3.05, 3.63) is 0 Å². The average molecular weight is 365 g/mol. The number of hydrogen-bond acceptors (Lipinski definition) is 3. The molecule has 1 spiro atoms. The molecule has 4 atom stereocenters. The third-order valence-corrected chi connectivity index (χ3v) is 12.8. The van der Waals surface area contributed by atoms with E-state index in [4.69, 9.17) is 4.43 Å². The summed E-state index contributed by atoms with van der Waals surface area (Å²) in [5, 5.41) is 0.129. The Kier molecular flexibility index (Phi) is 4.07. The van der Waals surface area contributed by atoms with Gasteiger partial charge < -0.3 is 4.43 Å². The zero-order valence-corrected chi connectivity index (χ0v) is 18.4. The Morgan fingerprint density at radius 3 is 2.20 bits per heavy atom. The molecular weight excluding hydrogens is 328 g/mol. The van der Waals surface area contributed by atoms with Crippen LogP contribution in [0.25, 0.3) is 0 Å². The summed E-state index contributed by atoms with van der Waals surface area (Å²) in [6.07, 6.45) is 3.95. The van der Waals surface area contributed by atoms with Crippen LogP contribution in [0.1, 0.15) is 73.6 Å². The van der Waals surface area contributed by atoms with Crippen LogP contribution in [0, 0.1) is 22.2 Å². The molecule has 0 amide bonds. The Morgan fingerprint density at radius 1 is 1.04 bits per heavy atom. The highest BCUT2D eigenvalue weighted by Gasteiger charge is 2.70. The normalized spacial score (nSPS) is 41.0. The van der Waals surface area contributed by atoms with Gasteiger partial charge in [0.05, 0.1) is 16.9 Å². The van der Waals surface area contributed by atoms with E-state index in [0.29, 0.717) is 12.8 Å². The monoisotopic (exact) mass is 364 g/mol. The molecule has 2 bridgehead atoms. The molecule has 0 unspecified atom stereocenters. The van der Waals surface area contributed by atoms with Gasteiger partial charge in [-0.2, -0.15) is 0 Å². The minimum Gasteiger partial charge on any atom is -0.413 e. The average Bonchev–Trinajstić information content (AvgIpc) is 2.62. The first-order valence-corrected chi connectivity index (χ1v) is 12.9. The highest BCUT2D eigenvalue weighted by atomic mass is 28.4. The first-order chi connectivity index (χ1) is 11.2. The first-order valence-electron chi connectivity index (χ1n) is 9.94. The van der Waals surface area contributed by atoms with Crippen molar-refractivity contribution in [3.63, 3.8) is 0 Å². The second kappa shape index (κ2) is 5.28. The number of carbonyl (C=O) groups excluding carboxylic acids is 2. The number of ketones is 2. The van der Waals surface area contributed by atoms with E-state index in [1.165, 1.54) is 0 Å². The van der Waals surface area contributed by atoms with Crippen molar-refractivity contribution < 1.29 is 14.0 Å². The topological polar surface area (TPSA) is 43.4 Å². The van der Waals surface area contributed by atoms with E-state index in [2.05, 4.69) is 54.6 Å². The molecule has 0 aliphatic heterocycles. The maximum absolute atomic E-state index is 13.7. The van der Waals surface area contributed by atoms with Crippen LogP contribution in [0.5, 0.6) is 0 Å². The molecule has 3 aliphatic carbocycles. The second-order valence-corrected chi connectivity index (χ2v) is 16.1. The highest BCUT2D eigenvalue weighted by Crippen LogP contribution is 2.66. The fourth-order valence-electron chi connectivity index (χ4n) is 5.68. The number of hydrogen-bond donors (Lipinski definition) is 0. The molecule has 3 fully saturated rings. The minimum absolute atomic E-state index is 0.0241. The van der Waals surface area contributed by atoms with Gasteiger partial charge in [-0.1, -0.05) is 41.5 Å².